The van der Waals surface area contributed by atoms with Crippen LogP contribution < -0.4 is 5.32 Å². The Labute approximate surface area is 108 Å². The zero-order chi connectivity index (χ0) is 13.4. The van der Waals surface area contributed by atoms with Gasteiger partial charge in [-0.1, -0.05) is 0 Å². The van der Waals surface area contributed by atoms with Crippen LogP contribution in [0, 0.1) is 28.6 Å². The third-order valence-electron chi connectivity index (χ3n) is 3.04. The molecule has 1 saturated heterocycles. The van der Waals surface area contributed by atoms with Crippen molar-refractivity contribution in [2.75, 3.05) is 39.8 Å². The average Bonchev–Trinajstić information content (AvgIpc) is 2.69. The number of carbonyl (C=O) groups is 1. The number of nitriles is 2. The van der Waals surface area contributed by atoms with E-state index in [2.05, 4.69) is 11.4 Å². The van der Waals surface area contributed by atoms with Crippen LogP contribution in [-0.2, 0) is 0 Å². The zero-order valence-electron chi connectivity index (χ0n) is 10.7. The van der Waals surface area contributed by atoms with E-state index in [0.717, 1.165) is 13.1 Å². The summed E-state index contributed by atoms with van der Waals surface area (Å²) >= 11 is 0. The highest BCUT2D eigenvalue weighted by atomic mass is 16.2. The topological polar surface area (TPSA) is 83.2 Å². The summed E-state index contributed by atoms with van der Waals surface area (Å²) in [6.07, 6.45) is 1.01. The van der Waals surface area contributed by atoms with Crippen molar-refractivity contribution in [3.63, 3.8) is 0 Å². The third-order valence-corrected chi connectivity index (χ3v) is 3.04. The van der Waals surface area contributed by atoms with Crippen molar-refractivity contribution in [2.45, 2.75) is 12.8 Å². The monoisotopic (exact) mass is 249 g/mol. The van der Waals surface area contributed by atoms with Gasteiger partial charge in [-0.2, -0.15) is 10.5 Å². The summed E-state index contributed by atoms with van der Waals surface area (Å²) in [5.74, 6) is -0.124. The highest BCUT2D eigenvalue weighted by molar-refractivity contribution is 5.76. The first-order valence-electron chi connectivity index (χ1n) is 6.16. The van der Waals surface area contributed by atoms with Crippen molar-refractivity contribution in [1.82, 2.24) is 15.1 Å². The molecule has 1 aliphatic heterocycles. The quantitative estimate of drug-likeness (QED) is 0.661. The summed E-state index contributed by atoms with van der Waals surface area (Å²) in [6.45, 7) is 3.48. The van der Waals surface area contributed by atoms with E-state index >= 15 is 0 Å². The Hall–Kier alpha value is -1.79. The number of likely N-dealkylation sites (N-methyl/N-ethyl adjacent to an activating group) is 1. The molecule has 0 aromatic heterocycles. The molecule has 0 saturated carbocycles. The van der Waals surface area contributed by atoms with Crippen LogP contribution >= 0.6 is 0 Å². The molecule has 0 aliphatic carbocycles. The Balaban J connectivity index is 2.13. The van der Waals surface area contributed by atoms with Gasteiger partial charge < -0.3 is 15.1 Å². The molecular formula is C12H19N5O. The second kappa shape index (κ2) is 7.52. The Kier molecular flexibility index (Phi) is 5.96. The van der Waals surface area contributed by atoms with Crippen LogP contribution in [0.25, 0.3) is 0 Å². The smallest absolute Gasteiger partial charge is 0.319 e. The number of hydrogen-bond acceptors (Lipinski definition) is 4. The third kappa shape index (κ3) is 4.23. The van der Waals surface area contributed by atoms with E-state index in [1.54, 1.807) is 16.8 Å². The lowest BCUT2D eigenvalue weighted by Gasteiger charge is -2.16. The van der Waals surface area contributed by atoms with Gasteiger partial charge in [-0.25, -0.2) is 4.79 Å². The van der Waals surface area contributed by atoms with Gasteiger partial charge in [0.15, 0.2) is 0 Å². The molecular weight excluding hydrogens is 230 g/mol. The average molecular weight is 249 g/mol. The van der Waals surface area contributed by atoms with Crippen LogP contribution in [0.2, 0.25) is 0 Å². The summed E-state index contributed by atoms with van der Waals surface area (Å²) in [5.41, 5.74) is 0. The van der Waals surface area contributed by atoms with E-state index in [1.807, 2.05) is 6.07 Å². The molecule has 0 bridgehead atoms. The van der Waals surface area contributed by atoms with E-state index < -0.39 is 0 Å². The van der Waals surface area contributed by atoms with Crippen LogP contribution in [0.3, 0.4) is 0 Å². The maximum absolute atomic E-state index is 11.6. The Morgan fingerprint density at radius 3 is 2.78 bits per heavy atom. The van der Waals surface area contributed by atoms with Crippen LogP contribution in [0.1, 0.15) is 12.8 Å². The first-order chi connectivity index (χ1) is 8.69. The fourth-order valence-electron chi connectivity index (χ4n) is 1.85. The molecule has 2 amide bonds. The lowest BCUT2D eigenvalue weighted by atomic mass is 10.1. The molecule has 1 unspecified atom stereocenters. The van der Waals surface area contributed by atoms with E-state index in [4.69, 9.17) is 10.5 Å². The molecule has 0 radical (unpaired) electrons. The maximum atomic E-state index is 11.6. The van der Waals surface area contributed by atoms with Gasteiger partial charge >= 0.3 is 6.03 Å². The fraction of sp³-hybridized carbons (Fsp3) is 0.750. The van der Waals surface area contributed by atoms with Crippen molar-refractivity contribution in [3.05, 3.63) is 0 Å². The molecule has 1 atom stereocenters. The Morgan fingerprint density at radius 1 is 1.44 bits per heavy atom. The zero-order valence-corrected chi connectivity index (χ0v) is 10.7. The summed E-state index contributed by atoms with van der Waals surface area (Å²) in [7, 11) is 1.80. The molecule has 1 aliphatic rings. The molecule has 1 rings (SSSR count). The molecule has 6 nitrogen and oxygen atoms in total. The SMILES string of the molecule is CN1CCN(CCNCC(C#N)CCC#N)C1=O. The van der Waals surface area contributed by atoms with E-state index in [1.165, 1.54) is 0 Å². The summed E-state index contributed by atoms with van der Waals surface area (Å²) < 4.78 is 0. The lowest BCUT2D eigenvalue weighted by Crippen LogP contribution is -2.36. The normalized spacial score (nSPS) is 16.5. The molecule has 6 heteroatoms. The number of carbonyl (C=O) groups excluding carboxylic acids is 1. The fourth-order valence-corrected chi connectivity index (χ4v) is 1.85. The Bertz CT molecular complexity index is 356. The summed E-state index contributed by atoms with van der Waals surface area (Å²) in [5, 5.41) is 20.5. The summed E-state index contributed by atoms with van der Waals surface area (Å²) in [4.78, 5) is 15.1. The first-order valence-corrected chi connectivity index (χ1v) is 6.16. The predicted octanol–water partition coefficient (Wildman–Crippen LogP) is 0.387. The first kappa shape index (κ1) is 14.3. The van der Waals surface area contributed by atoms with E-state index in [0.29, 0.717) is 32.5 Å². The molecule has 0 aromatic carbocycles. The second-order valence-electron chi connectivity index (χ2n) is 4.42. The van der Waals surface area contributed by atoms with Gasteiger partial charge in [0.2, 0.25) is 0 Å². The standard InChI is InChI=1S/C12H19N5O/c1-16-7-8-17(12(16)18)6-5-15-10-11(9-14)3-2-4-13/h11,15H,2-3,5-8,10H2,1H3. The minimum atomic E-state index is -0.124. The minimum Gasteiger partial charge on any atom is -0.326 e. The van der Waals surface area contributed by atoms with Gasteiger partial charge in [-0.15, -0.1) is 0 Å². The van der Waals surface area contributed by atoms with Crippen LogP contribution in [0.15, 0.2) is 0 Å². The highest BCUT2D eigenvalue weighted by Crippen LogP contribution is 2.05. The molecule has 1 heterocycles. The number of nitrogens with one attached hydrogen (secondary N) is 1. The number of hydrogen-bond donors (Lipinski definition) is 1. The van der Waals surface area contributed by atoms with Gasteiger partial charge in [-0.3, -0.25) is 0 Å². The molecule has 1 fully saturated rings. The Morgan fingerprint density at radius 2 is 2.22 bits per heavy atom. The maximum Gasteiger partial charge on any atom is 0.319 e. The van der Waals surface area contributed by atoms with Gasteiger partial charge in [0, 0.05) is 46.2 Å². The molecule has 0 aromatic rings. The van der Waals surface area contributed by atoms with Crippen LogP contribution in [0.5, 0.6) is 0 Å². The largest absolute Gasteiger partial charge is 0.326 e. The lowest BCUT2D eigenvalue weighted by molar-refractivity contribution is 0.198. The predicted molar refractivity (Wildman–Crippen MR) is 66.4 cm³/mol. The number of rotatable bonds is 7. The van der Waals surface area contributed by atoms with Crippen LogP contribution in [-0.4, -0.2) is 55.6 Å². The van der Waals surface area contributed by atoms with E-state index in [-0.39, 0.29) is 11.9 Å². The van der Waals surface area contributed by atoms with Crippen molar-refractivity contribution < 1.29 is 4.79 Å². The van der Waals surface area contributed by atoms with Crippen molar-refractivity contribution >= 4 is 6.03 Å². The van der Waals surface area contributed by atoms with E-state index in [9.17, 15) is 4.79 Å². The molecule has 1 N–H and O–H groups in total. The number of amides is 2. The van der Waals surface area contributed by atoms with Gasteiger partial charge in [0.05, 0.1) is 18.1 Å². The van der Waals surface area contributed by atoms with Crippen molar-refractivity contribution in [3.8, 4) is 12.1 Å². The highest BCUT2D eigenvalue weighted by Gasteiger charge is 2.24. The molecule has 18 heavy (non-hydrogen) atoms. The molecule has 98 valence electrons. The summed E-state index contributed by atoms with van der Waals surface area (Å²) in [6, 6.07) is 4.29. The van der Waals surface area contributed by atoms with Crippen LogP contribution in [0.4, 0.5) is 4.79 Å². The second-order valence-corrected chi connectivity index (χ2v) is 4.42. The van der Waals surface area contributed by atoms with Gasteiger partial charge in [-0.05, 0) is 6.42 Å². The minimum absolute atomic E-state index is 0.0677. The van der Waals surface area contributed by atoms with Crippen molar-refractivity contribution in [2.24, 2.45) is 5.92 Å². The number of nitrogens with zero attached hydrogens (tertiary/aromatic N) is 4. The molecule has 0 spiro atoms. The van der Waals surface area contributed by atoms with Gasteiger partial charge in [0.25, 0.3) is 0 Å². The van der Waals surface area contributed by atoms with Crippen molar-refractivity contribution in [1.29, 1.82) is 10.5 Å². The van der Waals surface area contributed by atoms with Gasteiger partial charge in [0.1, 0.15) is 0 Å². The number of urea groups is 1.